The van der Waals surface area contributed by atoms with Crippen molar-refractivity contribution in [1.82, 2.24) is 0 Å². The molecule has 0 saturated heterocycles. The molecule has 2 aliphatic rings. The van der Waals surface area contributed by atoms with Crippen molar-refractivity contribution in [3.63, 3.8) is 0 Å². The molecule has 0 heterocycles. The van der Waals surface area contributed by atoms with Gasteiger partial charge in [-0.15, -0.1) is 0 Å². The first-order valence-electron chi connectivity index (χ1n) is 8.86. The molecule has 2 saturated carbocycles. The van der Waals surface area contributed by atoms with Crippen molar-refractivity contribution in [2.24, 2.45) is 11.8 Å². The second kappa shape index (κ2) is 13.5. The van der Waals surface area contributed by atoms with Gasteiger partial charge in [-0.05, 0) is 11.8 Å². The van der Waals surface area contributed by atoms with Gasteiger partial charge in [-0.3, -0.25) is 0 Å². The van der Waals surface area contributed by atoms with Crippen LogP contribution in [0.3, 0.4) is 0 Å². The molecule has 0 aromatic carbocycles. The topological polar surface area (TPSA) is 0 Å². The molecule has 0 aromatic heterocycles. The van der Waals surface area contributed by atoms with E-state index in [1.54, 1.807) is 0 Å². The van der Waals surface area contributed by atoms with Gasteiger partial charge in [-0.1, -0.05) is 104 Å². The van der Waals surface area contributed by atoms with Crippen LogP contribution in [0.15, 0.2) is 0 Å². The molecule has 116 valence electrons. The Kier molecular flexibility index (Phi) is 13.9. The molecule has 0 nitrogen and oxygen atoms in total. The molecule has 0 bridgehead atoms. The fourth-order valence-corrected chi connectivity index (χ4v) is 3.58. The third-order valence-corrected chi connectivity index (χ3v) is 4.88. The molecule has 0 atom stereocenters. The average molecular weight is 308 g/mol. The van der Waals surface area contributed by atoms with Gasteiger partial charge in [0, 0.05) is 17.1 Å². The number of unbranched alkanes of at least 4 members (excludes halogenated alkanes) is 2. The van der Waals surface area contributed by atoms with Gasteiger partial charge in [0.25, 0.3) is 0 Å². The van der Waals surface area contributed by atoms with Crippen LogP contribution in [0.1, 0.15) is 104 Å². The third-order valence-electron chi connectivity index (χ3n) is 4.88. The third kappa shape index (κ3) is 9.97. The van der Waals surface area contributed by atoms with Gasteiger partial charge >= 0.3 is 0 Å². The summed E-state index contributed by atoms with van der Waals surface area (Å²) in [5.41, 5.74) is 0. The minimum absolute atomic E-state index is 0. The van der Waals surface area contributed by atoms with Crippen LogP contribution in [0.25, 0.3) is 0 Å². The van der Waals surface area contributed by atoms with E-state index in [1.807, 2.05) is 0 Å². The second-order valence-electron chi connectivity index (χ2n) is 6.59. The Hall–Kier alpha value is 0.519. The van der Waals surface area contributed by atoms with Crippen molar-refractivity contribution in [3.8, 4) is 0 Å². The molecule has 0 N–H and O–H groups in total. The molecule has 0 amide bonds. The standard InChI is InChI=1S/2C9H18.Fe/c2*1-2-3-6-9-7-4-5-8-9;/h2*9H,2-8H2,1H3;. The van der Waals surface area contributed by atoms with E-state index in [2.05, 4.69) is 13.8 Å². The van der Waals surface area contributed by atoms with Crippen molar-refractivity contribution < 1.29 is 17.1 Å². The molecule has 2 fully saturated rings. The summed E-state index contributed by atoms with van der Waals surface area (Å²) in [5.74, 6) is 2.23. The van der Waals surface area contributed by atoms with Gasteiger partial charge in [-0.2, -0.15) is 0 Å². The number of rotatable bonds is 6. The van der Waals surface area contributed by atoms with E-state index < -0.39 is 0 Å². The summed E-state index contributed by atoms with van der Waals surface area (Å²) in [5, 5.41) is 0. The summed E-state index contributed by atoms with van der Waals surface area (Å²) >= 11 is 0. The minimum atomic E-state index is 0. The molecule has 2 rings (SSSR count). The Bertz CT molecular complexity index is 147. The molecular weight excluding hydrogens is 272 g/mol. The van der Waals surface area contributed by atoms with Gasteiger partial charge in [-0.25, -0.2) is 0 Å². The average Bonchev–Trinajstić information content (AvgIpc) is 3.07. The zero-order valence-electron chi connectivity index (χ0n) is 13.4. The zero-order chi connectivity index (χ0) is 13.1. The summed E-state index contributed by atoms with van der Waals surface area (Å²) in [6, 6.07) is 0. The maximum atomic E-state index is 2.29. The van der Waals surface area contributed by atoms with Crippen molar-refractivity contribution in [1.29, 1.82) is 0 Å². The molecule has 0 radical (unpaired) electrons. The summed E-state index contributed by atoms with van der Waals surface area (Å²) in [4.78, 5) is 0. The zero-order valence-corrected chi connectivity index (χ0v) is 14.5. The minimum Gasteiger partial charge on any atom is -0.0654 e. The van der Waals surface area contributed by atoms with Crippen molar-refractivity contribution in [2.45, 2.75) is 104 Å². The summed E-state index contributed by atoms with van der Waals surface area (Å²) in [7, 11) is 0. The summed E-state index contributed by atoms with van der Waals surface area (Å²) < 4.78 is 0. The smallest absolute Gasteiger partial charge is 0 e. The molecule has 0 aromatic rings. The number of hydrogen-bond acceptors (Lipinski definition) is 0. The van der Waals surface area contributed by atoms with E-state index in [-0.39, 0.29) is 17.1 Å². The van der Waals surface area contributed by atoms with Crippen molar-refractivity contribution in [3.05, 3.63) is 0 Å². The fraction of sp³-hybridized carbons (Fsp3) is 1.00. The summed E-state index contributed by atoms with van der Waals surface area (Å²) in [6.45, 7) is 4.57. The van der Waals surface area contributed by atoms with Crippen LogP contribution in [0, 0.1) is 11.8 Å². The van der Waals surface area contributed by atoms with Gasteiger partial charge in [0.2, 0.25) is 0 Å². The van der Waals surface area contributed by atoms with Crippen LogP contribution in [0.2, 0.25) is 0 Å². The van der Waals surface area contributed by atoms with Crippen LogP contribution in [-0.4, -0.2) is 0 Å². The van der Waals surface area contributed by atoms with E-state index in [1.165, 1.54) is 89.9 Å². The van der Waals surface area contributed by atoms with E-state index in [0.29, 0.717) is 0 Å². The van der Waals surface area contributed by atoms with Gasteiger partial charge < -0.3 is 0 Å². The van der Waals surface area contributed by atoms with Crippen LogP contribution < -0.4 is 0 Å². The van der Waals surface area contributed by atoms with E-state index in [0.717, 1.165) is 11.8 Å². The van der Waals surface area contributed by atoms with Crippen LogP contribution in [0.5, 0.6) is 0 Å². The van der Waals surface area contributed by atoms with Crippen LogP contribution in [0.4, 0.5) is 0 Å². The molecule has 0 unspecified atom stereocenters. The molecular formula is C18H36Fe. The second-order valence-corrected chi connectivity index (χ2v) is 6.59. The quantitative estimate of drug-likeness (QED) is 0.477. The maximum absolute atomic E-state index is 2.29. The molecule has 0 aliphatic heterocycles. The summed E-state index contributed by atoms with van der Waals surface area (Å²) in [6.07, 6.45) is 20.9. The fourth-order valence-electron chi connectivity index (χ4n) is 3.58. The normalized spacial score (nSPS) is 19.9. The monoisotopic (exact) mass is 308 g/mol. The van der Waals surface area contributed by atoms with E-state index in [4.69, 9.17) is 0 Å². The Morgan fingerprint density at radius 2 is 0.947 bits per heavy atom. The van der Waals surface area contributed by atoms with E-state index >= 15 is 0 Å². The Labute approximate surface area is 133 Å². The largest absolute Gasteiger partial charge is 0.0654 e. The van der Waals surface area contributed by atoms with E-state index in [9.17, 15) is 0 Å². The predicted molar refractivity (Wildman–Crippen MR) is 83.0 cm³/mol. The molecule has 2 aliphatic carbocycles. The first kappa shape index (κ1) is 19.5. The van der Waals surface area contributed by atoms with Gasteiger partial charge in [0.1, 0.15) is 0 Å². The first-order chi connectivity index (χ1) is 8.86. The van der Waals surface area contributed by atoms with Gasteiger partial charge in [0.15, 0.2) is 0 Å². The predicted octanol–water partition coefficient (Wildman–Crippen LogP) is 6.73. The SMILES string of the molecule is CCCCC1CCCC1.CCCCC1CCCC1.[Fe]. The Morgan fingerprint density at radius 3 is 1.21 bits per heavy atom. The Morgan fingerprint density at radius 1 is 0.632 bits per heavy atom. The van der Waals surface area contributed by atoms with Crippen LogP contribution in [-0.2, 0) is 17.1 Å². The van der Waals surface area contributed by atoms with Gasteiger partial charge in [0.05, 0.1) is 0 Å². The number of hydrogen-bond donors (Lipinski definition) is 0. The molecule has 1 heteroatoms. The maximum Gasteiger partial charge on any atom is 0 e. The molecule has 0 spiro atoms. The Balaban J connectivity index is 0.000000324. The van der Waals surface area contributed by atoms with Crippen LogP contribution >= 0.6 is 0 Å². The van der Waals surface area contributed by atoms with Crippen molar-refractivity contribution in [2.75, 3.05) is 0 Å². The first-order valence-corrected chi connectivity index (χ1v) is 8.86. The molecule has 19 heavy (non-hydrogen) atoms. The van der Waals surface area contributed by atoms with Crippen molar-refractivity contribution >= 4 is 0 Å².